The number of fused-ring (bicyclic) bond motifs is 8. The van der Waals surface area contributed by atoms with E-state index in [0.29, 0.717) is 0 Å². The third-order valence-electron chi connectivity index (χ3n) is 9.29. The van der Waals surface area contributed by atoms with Gasteiger partial charge >= 0.3 is 31.4 Å². The van der Waals surface area contributed by atoms with Crippen molar-refractivity contribution >= 4 is 64.4 Å². The molecule has 0 amide bonds. The monoisotopic (exact) mass is 736 g/mol. The molecule has 5 heterocycles. The Balaban J connectivity index is 0.00000583. The maximum absolute atomic E-state index is 11.6. The van der Waals surface area contributed by atoms with E-state index < -0.39 is 17.5 Å². The zero-order chi connectivity index (χ0) is 35.6. The quantitative estimate of drug-likeness (QED) is 0.0337. The first-order chi connectivity index (χ1) is 24.3. The SMILES string of the molecule is CCCCc1c2nc(c(CCCC)c3cc(/C=C/C=C(C(=O)O)C(=O)O)c([n-]3)c(CCCC)c3nc(c(CCCC)c4ccc1[n-]4)C=C3)C=C2.[Zn+2]. The van der Waals surface area contributed by atoms with Gasteiger partial charge in [-0.25, -0.2) is 19.6 Å². The van der Waals surface area contributed by atoms with Crippen LogP contribution in [0.5, 0.6) is 0 Å². The van der Waals surface area contributed by atoms with E-state index >= 15 is 0 Å². The van der Waals surface area contributed by atoms with Crippen LogP contribution in [0.3, 0.4) is 0 Å². The number of carboxylic acids is 2. The van der Waals surface area contributed by atoms with Gasteiger partial charge in [0.15, 0.2) is 0 Å². The second-order valence-corrected chi connectivity index (χ2v) is 13.0. The fraction of sp³-hybridized carbons (Fsp3) is 0.381. The third-order valence-corrected chi connectivity index (χ3v) is 9.29. The minimum Gasteiger partial charge on any atom is -0.657 e. The van der Waals surface area contributed by atoms with Crippen molar-refractivity contribution in [3.05, 3.63) is 86.5 Å². The Morgan fingerprint density at radius 1 is 0.627 bits per heavy atom. The standard InChI is InChI=1S/C42H50N4O4.Zn/c1-5-9-15-28-33-20-21-34(43-33)29(16-10-6-2)36-24-25-38(45-36)31(18-12-8-4)40-27(14-13-19-32(41(47)48)42(49)50)26-39(46-40)30(17-11-7-3)37-23-22-35(28)44-37;/h13-14,19-26H,5-12,15-18H2,1-4H3,(H4,43,44,45,46,47,48,49,50);/q;+2/p-2/b14-13+,33-28?,34-29?,35-28?,36-29?,37-30?,38-31?,39-30?,40-31?;. The summed E-state index contributed by atoms with van der Waals surface area (Å²) in [5.74, 6) is -2.98. The van der Waals surface area contributed by atoms with Crippen molar-refractivity contribution in [2.45, 2.75) is 105 Å². The van der Waals surface area contributed by atoms with Gasteiger partial charge in [0.25, 0.3) is 0 Å². The van der Waals surface area contributed by atoms with Crippen LogP contribution in [0.1, 0.15) is 130 Å². The Morgan fingerprint density at radius 2 is 1.04 bits per heavy atom. The molecule has 3 aromatic heterocycles. The van der Waals surface area contributed by atoms with Crippen LogP contribution in [0.2, 0.25) is 0 Å². The number of aromatic nitrogens is 4. The fourth-order valence-electron chi connectivity index (χ4n) is 6.48. The summed E-state index contributed by atoms with van der Waals surface area (Å²) in [6.45, 7) is 8.72. The number of hydrogen-bond donors (Lipinski definition) is 2. The number of allylic oxidation sites excluding steroid dienone is 2. The smallest absolute Gasteiger partial charge is 0.657 e. The van der Waals surface area contributed by atoms with E-state index in [1.54, 1.807) is 6.08 Å². The molecule has 2 aliphatic rings. The van der Waals surface area contributed by atoms with E-state index in [-0.39, 0.29) is 19.5 Å². The molecular formula is C42H48N4O4Zn. The molecule has 0 saturated heterocycles. The van der Waals surface area contributed by atoms with Crippen molar-refractivity contribution in [2.75, 3.05) is 0 Å². The average molecular weight is 738 g/mol. The second kappa shape index (κ2) is 18.8. The van der Waals surface area contributed by atoms with Gasteiger partial charge in [0.1, 0.15) is 5.57 Å². The van der Waals surface area contributed by atoms with E-state index in [1.807, 2.05) is 6.07 Å². The van der Waals surface area contributed by atoms with Gasteiger partial charge in [0.2, 0.25) is 0 Å². The molecule has 0 atom stereocenters. The van der Waals surface area contributed by atoms with Gasteiger partial charge in [-0.15, -0.1) is 22.1 Å². The van der Waals surface area contributed by atoms with Gasteiger partial charge < -0.3 is 20.2 Å². The molecule has 2 aliphatic heterocycles. The third kappa shape index (κ3) is 9.31. The zero-order valence-electron chi connectivity index (χ0n) is 30.5. The summed E-state index contributed by atoms with van der Waals surface area (Å²) in [5.41, 5.74) is 11.5. The fourth-order valence-corrected chi connectivity index (χ4v) is 6.48. The van der Waals surface area contributed by atoms with Crippen LogP contribution >= 0.6 is 0 Å². The van der Waals surface area contributed by atoms with Crippen LogP contribution in [-0.4, -0.2) is 32.1 Å². The number of rotatable bonds is 16. The molecule has 0 unspecified atom stereocenters. The predicted molar refractivity (Wildman–Crippen MR) is 204 cm³/mol. The molecule has 0 spiro atoms. The molecule has 0 aromatic carbocycles. The summed E-state index contributed by atoms with van der Waals surface area (Å²) < 4.78 is 0. The maximum atomic E-state index is 11.6. The van der Waals surface area contributed by atoms with E-state index in [4.69, 9.17) is 19.9 Å². The van der Waals surface area contributed by atoms with Crippen molar-refractivity contribution in [1.82, 2.24) is 19.9 Å². The first-order valence-electron chi connectivity index (χ1n) is 18.2. The number of carboxylic acid groups (broad SMARTS) is 2. The van der Waals surface area contributed by atoms with Gasteiger partial charge in [-0.2, -0.15) is 0 Å². The van der Waals surface area contributed by atoms with E-state index in [2.05, 4.69) is 64.1 Å². The molecule has 9 heteroatoms. The van der Waals surface area contributed by atoms with Gasteiger partial charge in [0, 0.05) is 0 Å². The Hall–Kier alpha value is -4.36. The molecule has 0 fully saturated rings. The largest absolute Gasteiger partial charge is 2.00 e. The van der Waals surface area contributed by atoms with E-state index in [1.165, 1.54) is 6.08 Å². The van der Waals surface area contributed by atoms with Crippen LogP contribution < -0.4 is 9.97 Å². The summed E-state index contributed by atoms with van der Waals surface area (Å²) in [5, 5.41) is 18.9. The molecule has 8 bridgehead atoms. The number of aliphatic carboxylic acids is 2. The molecule has 8 nitrogen and oxygen atoms in total. The number of unbranched alkanes of at least 4 members (excludes halogenated alkanes) is 4. The summed E-state index contributed by atoms with van der Waals surface area (Å²) >= 11 is 0. The van der Waals surface area contributed by atoms with Gasteiger partial charge in [-0.3, -0.25) is 0 Å². The Bertz CT molecular complexity index is 2010. The van der Waals surface area contributed by atoms with Crippen molar-refractivity contribution < 1.29 is 39.3 Å². The van der Waals surface area contributed by atoms with Crippen LogP contribution in [0.25, 0.3) is 52.4 Å². The van der Waals surface area contributed by atoms with Crippen LogP contribution in [0.15, 0.2) is 35.9 Å². The molecule has 5 rings (SSSR count). The summed E-state index contributed by atoms with van der Waals surface area (Å²) in [6, 6.07) is 6.30. The van der Waals surface area contributed by atoms with E-state index in [0.717, 1.165) is 156 Å². The van der Waals surface area contributed by atoms with Gasteiger partial charge in [-0.05, 0) is 110 Å². The second-order valence-electron chi connectivity index (χ2n) is 13.0. The van der Waals surface area contributed by atoms with Crippen molar-refractivity contribution in [2.24, 2.45) is 0 Å². The minimum absolute atomic E-state index is 0. The maximum Gasteiger partial charge on any atom is 2.00 e. The van der Waals surface area contributed by atoms with Crippen LogP contribution in [0.4, 0.5) is 0 Å². The Labute approximate surface area is 313 Å². The predicted octanol–water partition coefficient (Wildman–Crippen LogP) is 9.39. The molecule has 0 aliphatic carbocycles. The molecule has 0 saturated carbocycles. The summed E-state index contributed by atoms with van der Waals surface area (Å²) in [6.07, 6.45) is 24.1. The van der Waals surface area contributed by atoms with Crippen molar-refractivity contribution in [1.29, 1.82) is 0 Å². The molecule has 51 heavy (non-hydrogen) atoms. The number of carbonyl (C=O) groups is 2. The van der Waals surface area contributed by atoms with Crippen LogP contribution in [-0.2, 0) is 54.8 Å². The average Bonchev–Trinajstić information content (AvgIpc) is 3.92. The molecule has 0 radical (unpaired) electrons. The topological polar surface area (TPSA) is 129 Å². The number of hydrogen-bond acceptors (Lipinski definition) is 4. The van der Waals surface area contributed by atoms with Gasteiger partial charge in [-0.1, -0.05) is 83.7 Å². The minimum atomic E-state index is -1.49. The first kappa shape index (κ1) is 39.4. The molecule has 262 valence electrons. The summed E-state index contributed by atoms with van der Waals surface area (Å²) in [4.78, 5) is 44.2. The van der Waals surface area contributed by atoms with Crippen molar-refractivity contribution in [3.8, 4) is 0 Å². The first-order valence-corrected chi connectivity index (χ1v) is 18.2. The van der Waals surface area contributed by atoms with Crippen molar-refractivity contribution in [3.63, 3.8) is 0 Å². The zero-order valence-corrected chi connectivity index (χ0v) is 33.4. The summed E-state index contributed by atoms with van der Waals surface area (Å²) in [7, 11) is 0. The number of nitrogens with zero attached hydrogens (tertiary/aromatic N) is 4. The molecule has 2 N–H and O–H groups in total. The van der Waals surface area contributed by atoms with E-state index in [9.17, 15) is 19.8 Å². The van der Waals surface area contributed by atoms with Gasteiger partial charge in [0.05, 0.1) is 22.8 Å². The van der Waals surface area contributed by atoms with Crippen LogP contribution in [0, 0.1) is 0 Å². The Kier molecular flexibility index (Phi) is 14.5. The molecular weight excluding hydrogens is 690 g/mol. The molecule has 3 aromatic rings. The Morgan fingerprint density at radius 3 is 1.47 bits per heavy atom. The number of aryl methyl sites for hydroxylation is 4. The normalized spacial score (nSPS) is 12.0.